The number of halogens is 2. The molecule has 0 N–H and O–H groups in total. The van der Waals surface area contributed by atoms with Crippen LogP contribution in [0.15, 0.2) is 18.2 Å². The maximum absolute atomic E-state index is 8.00. The Bertz CT molecular complexity index is 83.7. The van der Waals surface area contributed by atoms with E-state index in [-0.39, 0.29) is 65.0 Å². The third kappa shape index (κ3) is 16.1. The van der Waals surface area contributed by atoms with Gasteiger partial charge in [-0.1, -0.05) is 0 Å². The van der Waals surface area contributed by atoms with Gasteiger partial charge in [-0.15, -0.1) is 6.42 Å². The first-order valence-corrected chi connectivity index (χ1v) is 2.01. The van der Waals surface area contributed by atoms with Crippen LogP contribution >= 0.6 is 0 Å². The van der Waals surface area contributed by atoms with E-state index in [1.165, 1.54) is 0 Å². The number of hydrogen-bond acceptors (Lipinski definition) is 1. The molecule has 0 unspecified atom stereocenters. The fourth-order valence-corrected chi connectivity index (χ4v) is 0.340. The van der Waals surface area contributed by atoms with Crippen molar-refractivity contribution in [1.82, 2.24) is 0 Å². The summed E-state index contributed by atoms with van der Waals surface area (Å²) in [5.74, 6) is 0. The van der Waals surface area contributed by atoms with Crippen molar-refractivity contribution in [3.8, 4) is 0 Å². The first kappa shape index (κ1) is 22.5. The molecule has 0 amide bonds. The second-order valence-electron chi connectivity index (χ2n) is 1.00. The van der Waals surface area contributed by atoms with Gasteiger partial charge in [0.05, 0.1) is 0 Å². The Morgan fingerprint density at radius 2 is 1.80 bits per heavy atom. The van der Waals surface area contributed by atoms with E-state index in [1.807, 2.05) is 18.9 Å². The summed E-state index contributed by atoms with van der Waals surface area (Å²) in [6.07, 6.45) is 10.0. The minimum Gasteiger partial charge on any atom is -1.00 e. The molecule has 59 valence electrons. The van der Waals surface area contributed by atoms with E-state index in [4.69, 9.17) is 4.79 Å². The minimum atomic E-state index is 0. The number of allylic oxidation sites excluding steroid dienone is 4. The van der Waals surface area contributed by atoms with Gasteiger partial charge >= 0.3 is 17.1 Å². The van der Waals surface area contributed by atoms with Gasteiger partial charge in [0.2, 0.25) is 0 Å². The average molecular weight is 405 g/mol. The normalized spacial score (nSPS) is 9.20. The van der Waals surface area contributed by atoms with E-state index in [0.29, 0.717) is 0 Å². The SMILES string of the molecule is C=O.[C-]1=CC=CC1.[Fe+3].[I-].[I-]. The first-order valence-electron chi connectivity index (χ1n) is 2.01. The molecule has 0 saturated heterocycles. The number of carbonyl (C=O) groups is 1. The average Bonchev–Trinajstić information content (AvgIpc) is 2.23. The molecule has 0 atom stereocenters. The fraction of sp³-hybridized carbons (Fsp3) is 0.167. The molecule has 0 aromatic carbocycles. The monoisotopic (exact) mass is 405 g/mol. The van der Waals surface area contributed by atoms with E-state index in [9.17, 15) is 0 Å². The summed E-state index contributed by atoms with van der Waals surface area (Å²) in [4.78, 5) is 8.00. The summed E-state index contributed by atoms with van der Waals surface area (Å²) in [6.45, 7) is 2.00. The van der Waals surface area contributed by atoms with Gasteiger partial charge in [0.25, 0.3) is 0 Å². The summed E-state index contributed by atoms with van der Waals surface area (Å²) in [7, 11) is 0. The maximum Gasteiger partial charge on any atom is 3.00 e. The first-order chi connectivity index (χ1) is 3.50. The second-order valence-corrected chi connectivity index (χ2v) is 1.00. The van der Waals surface area contributed by atoms with Gasteiger partial charge in [0.1, 0.15) is 6.79 Å². The topological polar surface area (TPSA) is 17.1 Å². The number of rotatable bonds is 0. The van der Waals surface area contributed by atoms with Gasteiger partial charge in [-0.05, 0) is 0 Å². The molecule has 0 aromatic heterocycles. The van der Waals surface area contributed by atoms with Gasteiger partial charge < -0.3 is 52.7 Å². The molecule has 0 fully saturated rings. The van der Waals surface area contributed by atoms with Crippen LogP contribution < -0.4 is 48.0 Å². The molecular weight excluding hydrogens is 398 g/mol. The molecule has 1 radical (unpaired) electrons. The van der Waals surface area contributed by atoms with E-state index < -0.39 is 0 Å². The summed E-state index contributed by atoms with van der Waals surface area (Å²) in [6, 6.07) is 0. The van der Waals surface area contributed by atoms with Crippen molar-refractivity contribution in [2.24, 2.45) is 0 Å². The minimum absolute atomic E-state index is 0. The zero-order valence-corrected chi connectivity index (χ0v) is 10.6. The van der Waals surface area contributed by atoms with E-state index in [1.54, 1.807) is 0 Å². The molecule has 0 bridgehead atoms. The van der Waals surface area contributed by atoms with E-state index in [0.717, 1.165) is 6.42 Å². The number of carbonyl (C=O) groups excluding carboxylic acids is 1. The van der Waals surface area contributed by atoms with Crippen molar-refractivity contribution >= 4 is 6.79 Å². The van der Waals surface area contributed by atoms with Crippen molar-refractivity contribution in [3.05, 3.63) is 24.3 Å². The Labute approximate surface area is 106 Å². The second kappa shape index (κ2) is 22.5. The van der Waals surface area contributed by atoms with Gasteiger partial charge in [-0.3, -0.25) is 6.08 Å². The molecule has 0 aliphatic heterocycles. The Balaban J connectivity index is -0.0000000337. The van der Waals surface area contributed by atoms with Crippen molar-refractivity contribution in [2.45, 2.75) is 6.42 Å². The van der Waals surface area contributed by atoms with Crippen LogP contribution in [0.1, 0.15) is 6.42 Å². The molecule has 0 aromatic rings. The maximum atomic E-state index is 8.00. The Morgan fingerprint density at radius 1 is 1.30 bits per heavy atom. The molecule has 1 rings (SSSR count). The molecule has 4 heteroatoms. The quantitative estimate of drug-likeness (QED) is 0.225. The summed E-state index contributed by atoms with van der Waals surface area (Å²) in [5.41, 5.74) is 0. The Kier molecular flexibility index (Phi) is 50.5. The van der Waals surface area contributed by atoms with Crippen LogP contribution in [-0.4, -0.2) is 6.79 Å². The van der Waals surface area contributed by atoms with Crippen LogP contribution in [0, 0.1) is 6.08 Å². The zero-order chi connectivity index (χ0) is 5.54. The van der Waals surface area contributed by atoms with Gasteiger partial charge in [0.15, 0.2) is 0 Å². The zero-order valence-electron chi connectivity index (χ0n) is 5.16. The Hall–Kier alpha value is 1.13. The summed E-state index contributed by atoms with van der Waals surface area (Å²) >= 11 is 0. The largest absolute Gasteiger partial charge is 3.00 e. The molecule has 1 nitrogen and oxygen atoms in total. The third-order valence-corrected chi connectivity index (χ3v) is 0.586. The molecule has 0 saturated carbocycles. The van der Waals surface area contributed by atoms with Crippen molar-refractivity contribution in [3.63, 3.8) is 0 Å². The fourth-order valence-electron chi connectivity index (χ4n) is 0.340. The standard InChI is InChI=1S/C5H5.CH2O.Fe.2HI/c1-2-4-5-3-1;1-2;;;/h1-3H,4H2;1H2;;2*1H/q-1;;+3;;/p-2. The summed E-state index contributed by atoms with van der Waals surface area (Å²) < 4.78 is 0. The van der Waals surface area contributed by atoms with Crippen LogP contribution in [0.2, 0.25) is 0 Å². The molecule has 10 heavy (non-hydrogen) atoms. The predicted molar refractivity (Wildman–Crippen MR) is 28.7 cm³/mol. The van der Waals surface area contributed by atoms with Gasteiger partial charge in [-0.2, -0.15) is 6.08 Å². The smallest absolute Gasteiger partial charge is 1.00 e. The van der Waals surface area contributed by atoms with Crippen LogP contribution in [0.25, 0.3) is 0 Å². The molecule has 1 aliphatic carbocycles. The van der Waals surface area contributed by atoms with Gasteiger partial charge in [0, 0.05) is 0 Å². The van der Waals surface area contributed by atoms with Crippen LogP contribution in [-0.2, 0) is 21.9 Å². The number of hydrogen-bond donors (Lipinski definition) is 0. The van der Waals surface area contributed by atoms with Gasteiger partial charge in [-0.25, -0.2) is 12.2 Å². The Morgan fingerprint density at radius 3 is 1.90 bits per heavy atom. The van der Waals surface area contributed by atoms with Crippen LogP contribution in [0.4, 0.5) is 0 Å². The summed E-state index contributed by atoms with van der Waals surface area (Å²) in [5, 5.41) is 0. The van der Waals surface area contributed by atoms with Crippen molar-refractivity contribution < 1.29 is 69.8 Å². The molecular formula is C6H7FeI2O. The van der Waals surface area contributed by atoms with E-state index >= 15 is 0 Å². The molecule has 0 spiro atoms. The van der Waals surface area contributed by atoms with Crippen LogP contribution in [0.3, 0.4) is 0 Å². The predicted octanol–water partition coefficient (Wildman–Crippen LogP) is -4.87. The van der Waals surface area contributed by atoms with Crippen molar-refractivity contribution in [1.29, 1.82) is 0 Å². The third-order valence-electron chi connectivity index (χ3n) is 0.586. The van der Waals surface area contributed by atoms with Crippen molar-refractivity contribution in [2.75, 3.05) is 0 Å². The molecule has 0 heterocycles. The molecule has 1 aliphatic rings. The van der Waals surface area contributed by atoms with E-state index in [2.05, 4.69) is 12.2 Å². The van der Waals surface area contributed by atoms with Crippen LogP contribution in [0.5, 0.6) is 0 Å².